The molecule has 2 unspecified atom stereocenters. The second-order valence-corrected chi connectivity index (χ2v) is 0. The van der Waals surface area contributed by atoms with Crippen molar-refractivity contribution in [3.8, 4) is 0 Å². The molecule has 6 heavy (non-hydrogen) atoms. The molecule has 6 heteroatoms. The minimum absolute atomic E-state index is 0. The fourth-order valence-electron chi connectivity index (χ4n) is 0. The van der Waals surface area contributed by atoms with E-state index in [9.17, 15) is 0 Å². The van der Waals surface area contributed by atoms with Gasteiger partial charge in [0.25, 0.3) is 0 Å². The van der Waals surface area contributed by atoms with E-state index in [0.29, 0.717) is 0 Å². The first-order chi connectivity index (χ1) is 0. The van der Waals surface area contributed by atoms with Crippen molar-refractivity contribution >= 4 is 69.4 Å². The van der Waals surface area contributed by atoms with Crippen LogP contribution in [0.2, 0.25) is 0 Å². The minimum Gasteiger partial charge on any atom is -0.153 e. The maximum absolute atomic E-state index is 0. The Hall–Kier alpha value is 2.02. The second kappa shape index (κ2) is 62.3. The summed E-state index contributed by atoms with van der Waals surface area (Å²) in [5.41, 5.74) is 0. The Kier molecular flexibility index (Phi) is 1010. The lowest BCUT2D eigenvalue weighted by Crippen LogP contribution is 0.688. The van der Waals surface area contributed by atoms with Crippen molar-refractivity contribution in [2.75, 3.05) is 0 Å². The van der Waals surface area contributed by atoms with Crippen molar-refractivity contribution in [2.24, 2.45) is 0 Å². The van der Waals surface area contributed by atoms with Gasteiger partial charge in [-0.15, -0.1) is 49.6 Å². The van der Waals surface area contributed by atoms with Gasteiger partial charge in [0.05, 0.1) is 0 Å². The molecule has 0 saturated carbocycles. The molecule has 0 aliphatic rings. The first-order valence-electron chi connectivity index (χ1n) is 0. The summed E-state index contributed by atoms with van der Waals surface area (Å²) in [5.74, 6) is 0. The molecule has 0 fully saturated rings. The zero-order valence-corrected chi connectivity index (χ0v) is 9.14. The predicted molar refractivity (Wildman–Crippen MR) is 51.2 cm³/mol. The SMILES string of the molecule is Cl.Cl.Cl.Cl.P.P. The molecular formula is H10Cl4P2. The van der Waals surface area contributed by atoms with E-state index in [1.165, 1.54) is 0 Å². The first kappa shape index (κ1) is 96.9. The van der Waals surface area contributed by atoms with Gasteiger partial charge in [0.1, 0.15) is 0 Å². The largest absolute Gasteiger partial charge is 0.153 e. The molecule has 0 rings (SSSR count). The van der Waals surface area contributed by atoms with Gasteiger partial charge in [0.2, 0.25) is 0 Å². The zero-order chi connectivity index (χ0) is 0. The third-order valence-corrected chi connectivity index (χ3v) is 0. The Morgan fingerprint density at radius 3 is 0.333 bits per heavy atom. The van der Waals surface area contributed by atoms with Crippen molar-refractivity contribution in [2.45, 2.75) is 0 Å². The summed E-state index contributed by atoms with van der Waals surface area (Å²) in [6.07, 6.45) is 0. The molecule has 0 aromatic rings. The van der Waals surface area contributed by atoms with Gasteiger partial charge in [-0.3, -0.25) is 0 Å². The minimum atomic E-state index is 0. The van der Waals surface area contributed by atoms with E-state index in [4.69, 9.17) is 0 Å². The quantitative estimate of drug-likeness (QED) is 0.539. The molecule has 0 amide bonds. The van der Waals surface area contributed by atoms with E-state index in [-0.39, 0.29) is 69.4 Å². The average Bonchev–Trinajstić information content (AvgIpc) is 0. The van der Waals surface area contributed by atoms with Crippen LogP contribution >= 0.6 is 69.4 Å². The van der Waals surface area contributed by atoms with Gasteiger partial charge in [-0.2, -0.15) is 19.8 Å². The summed E-state index contributed by atoms with van der Waals surface area (Å²) >= 11 is 0. The maximum Gasteiger partial charge on any atom is -0.147 e. The van der Waals surface area contributed by atoms with Gasteiger partial charge < -0.3 is 0 Å². The predicted octanol–water partition coefficient (Wildman–Crippen LogP) is 1.80. The van der Waals surface area contributed by atoms with Crippen molar-refractivity contribution in [3.05, 3.63) is 0 Å². The molecule has 48 valence electrons. The van der Waals surface area contributed by atoms with Crippen LogP contribution < -0.4 is 0 Å². The third-order valence-electron chi connectivity index (χ3n) is 0. The molecule has 0 spiro atoms. The third kappa shape index (κ3) is 37.2. The van der Waals surface area contributed by atoms with Crippen LogP contribution in [0.25, 0.3) is 0 Å². The van der Waals surface area contributed by atoms with Gasteiger partial charge in [0, 0.05) is 0 Å². The molecule has 0 aliphatic carbocycles. The Morgan fingerprint density at radius 2 is 0.333 bits per heavy atom. The van der Waals surface area contributed by atoms with E-state index in [1.54, 1.807) is 0 Å². The molecule has 0 nitrogen and oxygen atoms in total. The molecular weight excluding hydrogens is 204 g/mol. The van der Waals surface area contributed by atoms with E-state index >= 15 is 0 Å². The summed E-state index contributed by atoms with van der Waals surface area (Å²) in [4.78, 5) is 0. The molecule has 0 aliphatic heterocycles. The van der Waals surface area contributed by atoms with Crippen LogP contribution in [0.5, 0.6) is 0 Å². The van der Waals surface area contributed by atoms with E-state index in [0.717, 1.165) is 0 Å². The average molecular weight is 214 g/mol. The lowest BCUT2D eigenvalue weighted by Gasteiger charge is -0.154. The number of hydrogen-bond acceptors (Lipinski definition) is 0. The second-order valence-electron chi connectivity index (χ2n) is 0. The van der Waals surface area contributed by atoms with Crippen LogP contribution in [0.4, 0.5) is 0 Å². The Bertz CT molecular complexity index is 5.51. The molecule has 2 atom stereocenters. The van der Waals surface area contributed by atoms with E-state index < -0.39 is 0 Å². The van der Waals surface area contributed by atoms with Gasteiger partial charge >= 0.3 is 0 Å². The normalized spacial score (nSPS) is 0. The number of halogens is 4. The fraction of sp³-hybridized carbons (Fsp3) is 0. The summed E-state index contributed by atoms with van der Waals surface area (Å²) in [7, 11) is 0. The molecule has 0 aromatic carbocycles. The van der Waals surface area contributed by atoms with E-state index in [2.05, 4.69) is 0 Å². The van der Waals surface area contributed by atoms with Crippen LogP contribution in [0.1, 0.15) is 0 Å². The maximum atomic E-state index is 0. The number of hydrogen-bond donors (Lipinski definition) is 0. The lowest BCUT2D eigenvalue weighted by molar-refractivity contribution is 5.85. The highest BCUT2D eigenvalue weighted by molar-refractivity contribution is 6.92. The first-order valence-corrected chi connectivity index (χ1v) is 0. The summed E-state index contributed by atoms with van der Waals surface area (Å²) in [5, 5.41) is 0. The highest BCUT2D eigenvalue weighted by atomic mass is 35.5. The molecule has 0 N–H and O–H groups in total. The van der Waals surface area contributed by atoms with Gasteiger partial charge in [-0.25, -0.2) is 0 Å². The van der Waals surface area contributed by atoms with E-state index in [1.807, 2.05) is 0 Å². The Balaban J connectivity index is 0. The van der Waals surface area contributed by atoms with Crippen LogP contribution in [-0.4, -0.2) is 0 Å². The fourth-order valence-corrected chi connectivity index (χ4v) is 0. The highest BCUT2D eigenvalue weighted by Crippen LogP contribution is 0.862. The molecule has 0 saturated heterocycles. The summed E-state index contributed by atoms with van der Waals surface area (Å²) in [6, 6.07) is 0. The van der Waals surface area contributed by atoms with Crippen LogP contribution in [0.3, 0.4) is 0 Å². The monoisotopic (exact) mass is 212 g/mol. The van der Waals surface area contributed by atoms with Gasteiger partial charge in [0.15, 0.2) is 0 Å². The number of rotatable bonds is 0. The molecule has 0 bridgehead atoms. The highest BCUT2D eigenvalue weighted by Gasteiger charge is -0.143. The topological polar surface area (TPSA) is 0 Å². The molecule has 0 radical (unpaired) electrons. The summed E-state index contributed by atoms with van der Waals surface area (Å²) in [6.45, 7) is 0. The van der Waals surface area contributed by atoms with Gasteiger partial charge in [-0.05, 0) is 0 Å². The Morgan fingerprint density at radius 1 is 0.333 bits per heavy atom. The van der Waals surface area contributed by atoms with Crippen molar-refractivity contribution in [1.29, 1.82) is 0 Å². The van der Waals surface area contributed by atoms with Crippen LogP contribution in [0.15, 0.2) is 0 Å². The van der Waals surface area contributed by atoms with Crippen molar-refractivity contribution in [3.63, 3.8) is 0 Å². The zero-order valence-electron chi connectivity index (χ0n) is 3.05. The standard InChI is InChI=1S/4ClH.2H3P/h4*1H;2*1H3. The van der Waals surface area contributed by atoms with Gasteiger partial charge in [-0.1, -0.05) is 0 Å². The Labute approximate surface area is 69.5 Å². The summed E-state index contributed by atoms with van der Waals surface area (Å²) < 4.78 is 0. The van der Waals surface area contributed by atoms with Crippen molar-refractivity contribution in [1.82, 2.24) is 0 Å². The van der Waals surface area contributed by atoms with Crippen molar-refractivity contribution < 1.29 is 0 Å². The molecule has 0 heterocycles. The van der Waals surface area contributed by atoms with Crippen LogP contribution in [0, 0.1) is 0 Å². The van der Waals surface area contributed by atoms with Crippen LogP contribution in [-0.2, 0) is 0 Å². The smallest absolute Gasteiger partial charge is 0.147 e. The molecule has 0 aromatic heterocycles. The lowest BCUT2D eigenvalue weighted by atomic mass is 31.0.